The summed E-state index contributed by atoms with van der Waals surface area (Å²) in [4.78, 5) is 4.48. The molecule has 1 unspecified atom stereocenters. The predicted octanol–water partition coefficient (Wildman–Crippen LogP) is 3.01. The lowest BCUT2D eigenvalue weighted by atomic mass is 10.0. The molecule has 18 heavy (non-hydrogen) atoms. The monoisotopic (exact) mass is 262 g/mol. The van der Waals surface area contributed by atoms with Crippen LogP contribution in [0, 0.1) is 13.8 Å². The van der Waals surface area contributed by atoms with Crippen LogP contribution in [0.1, 0.15) is 28.4 Å². The zero-order valence-corrected chi connectivity index (χ0v) is 11.8. The molecule has 0 amide bonds. The van der Waals surface area contributed by atoms with Crippen LogP contribution in [0.5, 0.6) is 5.75 Å². The molecule has 0 saturated heterocycles. The van der Waals surface area contributed by atoms with Crippen LogP contribution in [0.15, 0.2) is 23.0 Å². The molecule has 0 aliphatic carbocycles. The van der Waals surface area contributed by atoms with Crippen molar-refractivity contribution in [1.82, 2.24) is 4.98 Å². The van der Waals surface area contributed by atoms with Gasteiger partial charge in [0.15, 0.2) is 0 Å². The number of aromatic nitrogens is 1. The third-order valence-electron chi connectivity index (χ3n) is 3.13. The van der Waals surface area contributed by atoms with Crippen LogP contribution < -0.4 is 10.5 Å². The Morgan fingerprint density at radius 3 is 2.83 bits per heavy atom. The van der Waals surface area contributed by atoms with Gasteiger partial charge in [-0.2, -0.15) is 11.3 Å². The van der Waals surface area contributed by atoms with E-state index >= 15 is 0 Å². The largest absolute Gasteiger partial charge is 0.496 e. The van der Waals surface area contributed by atoms with E-state index in [4.69, 9.17) is 10.5 Å². The van der Waals surface area contributed by atoms with Gasteiger partial charge in [-0.05, 0) is 36.2 Å². The molecule has 0 saturated carbocycles. The number of pyridine rings is 1. The summed E-state index contributed by atoms with van der Waals surface area (Å²) in [6, 6.07) is 2.06. The third kappa shape index (κ3) is 2.54. The summed E-state index contributed by atoms with van der Waals surface area (Å²) < 4.78 is 5.41. The first-order valence-corrected chi connectivity index (χ1v) is 6.84. The topological polar surface area (TPSA) is 48.1 Å². The van der Waals surface area contributed by atoms with Gasteiger partial charge in [-0.3, -0.25) is 4.98 Å². The van der Waals surface area contributed by atoms with E-state index in [1.807, 2.05) is 25.4 Å². The maximum atomic E-state index is 6.20. The lowest BCUT2D eigenvalue weighted by molar-refractivity contribution is 0.406. The van der Waals surface area contributed by atoms with E-state index < -0.39 is 0 Å². The molecule has 96 valence electrons. The van der Waals surface area contributed by atoms with Gasteiger partial charge in [0.05, 0.1) is 7.11 Å². The lowest BCUT2D eigenvalue weighted by Gasteiger charge is -2.15. The minimum Gasteiger partial charge on any atom is -0.496 e. The van der Waals surface area contributed by atoms with Crippen molar-refractivity contribution in [2.45, 2.75) is 26.3 Å². The molecule has 3 nitrogen and oxygen atoms in total. The average molecular weight is 262 g/mol. The molecule has 0 aromatic carbocycles. The Bertz CT molecular complexity index is 523. The predicted molar refractivity (Wildman–Crippen MR) is 75.2 cm³/mol. The lowest BCUT2D eigenvalue weighted by Crippen LogP contribution is -2.14. The number of thiophene rings is 1. The van der Waals surface area contributed by atoms with Crippen molar-refractivity contribution >= 4 is 11.3 Å². The Balaban J connectivity index is 2.24. The van der Waals surface area contributed by atoms with E-state index in [1.165, 1.54) is 5.56 Å². The van der Waals surface area contributed by atoms with E-state index in [0.717, 1.165) is 29.0 Å². The molecule has 0 fully saturated rings. The van der Waals surface area contributed by atoms with Crippen molar-refractivity contribution in [3.63, 3.8) is 0 Å². The Hall–Kier alpha value is -1.39. The summed E-state index contributed by atoms with van der Waals surface area (Å²) in [5.74, 6) is 0.914. The number of hydrogen-bond donors (Lipinski definition) is 1. The average Bonchev–Trinajstić information content (AvgIpc) is 2.87. The highest BCUT2D eigenvalue weighted by atomic mass is 32.1. The zero-order valence-electron chi connectivity index (χ0n) is 10.9. The van der Waals surface area contributed by atoms with Gasteiger partial charge < -0.3 is 10.5 Å². The molecular formula is C14H18N2OS. The second-order valence-corrected chi connectivity index (χ2v) is 5.19. The van der Waals surface area contributed by atoms with Crippen LogP contribution in [0.25, 0.3) is 0 Å². The summed E-state index contributed by atoms with van der Waals surface area (Å²) in [5, 5.41) is 4.14. The van der Waals surface area contributed by atoms with E-state index in [-0.39, 0.29) is 6.04 Å². The molecular weight excluding hydrogens is 244 g/mol. The first-order chi connectivity index (χ1) is 8.63. The van der Waals surface area contributed by atoms with Crippen LogP contribution in [0.2, 0.25) is 0 Å². The number of aryl methyl sites for hydroxylation is 1. The molecule has 4 heteroatoms. The van der Waals surface area contributed by atoms with Crippen LogP contribution in [0.4, 0.5) is 0 Å². The molecule has 0 radical (unpaired) electrons. The van der Waals surface area contributed by atoms with Crippen molar-refractivity contribution in [1.29, 1.82) is 0 Å². The number of nitrogens with two attached hydrogens (primary N) is 1. The molecule has 1 atom stereocenters. The van der Waals surface area contributed by atoms with Crippen molar-refractivity contribution in [3.05, 3.63) is 45.4 Å². The minimum absolute atomic E-state index is 0.00476. The van der Waals surface area contributed by atoms with Gasteiger partial charge in [0.1, 0.15) is 5.75 Å². The Morgan fingerprint density at radius 2 is 2.22 bits per heavy atom. The Kier molecular flexibility index (Phi) is 3.99. The number of rotatable bonds is 4. The van der Waals surface area contributed by atoms with Crippen molar-refractivity contribution in [2.75, 3.05) is 7.11 Å². The van der Waals surface area contributed by atoms with Crippen molar-refractivity contribution in [3.8, 4) is 5.75 Å². The first kappa shape index (κ1) is 13.1. The smallest absolute Gasteiger partial charge is 0.128 e. The fourth-order valence-electron chi connectivity index (χ4n) is 2.09. The Morgan fingerprint density at radius 1 is 1.44 bits per heavy atom. The van der Waals surface area contributed by atoms with Crippen LogP contribution in [-0.2, 0) is 6.42 Å². The fraction of sp³-hybridized carbons (Fsp3) is 0.357. The second-order valence-electron chi connectivity index (χ2n) is 4.41. The zero-order chi connectivity index (χ0) is 13.1. The van der Waals surface area contributed by atoms with E-state index in [9.17, 15) is 0 Å². The number of methoxy groups -OCH3 is 1. The van der Waals surface area contributed by atoms with Gasteiger partial charge in [0, 0.05) is 35.5 Å². The molecule has 0 aliphatic heterocycles. The minimum atomic E-state index is -0.00476. The standard InChI is InChI=1S/C14H18N2OS/c1-9-7-16-13(10(2)14(9)17-3)6-12(15)11-4-5-18-8-11/h4-5,7-8,12H,6,15H2,1-3H3. The van der Waals surface area contributed by atoms with E-state index in [0.29, 0.717) is 0 Å². The molecule has 2 aromatic rings. The first-order valence-electron chi connectivity index (χ1n) is 5.90. The van der Waals surface area contributed by atoms with Gasteiger partial charge >= 0.3 is 0 Å². The summed E-state index contributed by atoms with van der Waals surface area (Å²) in [5.41, 5.74) is 10.5. The number of hydrogen-bond acceptors (Lipinski definition) is 4. The molecule has 0 aliphatic rings. The summed E-state index contributed by atoms with van der Waals surface area (Å²) in [6.45, 7) is 4.04. The number of ether oxygens (including phenoxy) is 1. The molecule has 0 bridgehead atoms. The molecule has 2 N–H and O–H groups in total. The quantitative estimate of drug-likeness (QED) is 0.921. The Labute approximate surface area is 112 Å². The SMILES string of the molecule is COc1c(C)cnc(CC(N)c2ccsc2)c1C. The van der Waals surface area contributed by atoms with Crippen molar-refractivity contribution < 1.29 is 4.74 Å². The highest BCUT2D eigenvalue weighted by molar-refractivity contribution is 7.07. The summed E-state index contributed by atoms with van der Waals surface area (Å²) in [7, 11) is 1.69. The molecule has 2 aromatic heterocycles. The summed E-state index contributed by atoms with van der Waals surface area (Å²) in [6.07, 6.45) is 2.58. The maximum Gasteiger partial charge on any atom is 0.128 e. The normalized spacial score (nSPS) is 12.4. The number of nitrogens with zero attached hydrogens (tertiary/aromatic N) is 1. The highest BCUT2D eigenvalue weighted by Gasteiger charge is 2.14. The van der Waals surface area contributed by atoms with Crippen LogP contribution in [-0.4, -0.2) is 12.1 Å². The molecule has 0 spiro atoms. The maximum absolute atomic E-state index is 6.20. The van der Waals surface area contributed by atoms with Gasteiger partial charge in [0.2, 0.25) is 0 Å². The second kappa shape index (κ2) is 5.50. The van der Waals surface area contributed by atoms with E-state index in [2.05, 4.69) is 16.4 Å². The molecule has 2 rings (SSSR count). The summed E-state index contributed by atoms with van der Waals surface area (Å²) >= 11 is 1.67. The van der Waals surface area contributed by atoms with Gasteiger partial charge in [-0.15, -0.1) is 0 Å². The van der Waals surface area contributed by atoms with Gasteiger partial charge in [-0.1, -0.05) is 0 Å². The highest BCUT2D eigenvalue weighted by Crippen LogP contribution is 2.27. The molecule has 2 heterocycles. The van der Waals surface area contributed by atoms with E-state index in [1.54, 1.807) is 18.4 Å². The van der Waals surface area contributed by atoms with Gasteiger partial charge in [0.25, 0.3) is 0 Å². The van der Waals surface area contributed by atoms with Crippen molar-refractivity contribution in [2.24, 2.45) is 5.73 Å². The van der Waals surface area contributed by atoms with Crippen LogP contribution >= 0.6 is 11.3 Å². The van der Waals surface area contributed by atoms with Crippen LogP contribution in [0.3, 0.4) is 0 Å². The fourth-order valence-corrected chi connectivity index (χ4v) is 2.81. The third-order valence-corrected chi connectivity index (χ3v) is 3.84. The van der Waals surface area contributed by atoms with Gasteiger partial charge in [-0.25, -0.2) is 0 Å².